The monoisotopic (exact) mass is 360 g/mol. The van der Waals surface area contributed by atoms with Gasteiger partial charge in [-0.1, -0.05) is 0 Å². The van der Waals surface area contributed by atoms with E-state index in [0.717, 1.165) is 0 Å². The largest absolute Gasteiger partial charge is 0.394 e. The minimum Gasteiger partial charge on any atom is -0.394 e. The van der Waals surface area contributed by atoms with Crippen LogP contribution in [0.3, 0.4) is 0 Å². The van der Waals surface area contributed by atoms with E-state index in [2.05, 4.69) is 0 Å². The van der Waals surface area contributed by atoms with Gasteiger partial charge in [0.15, 0.2) is 12.6 Å². The number of carbonyl (C=O) groups excluding carboxylic acids is 2. The van der Waals surface area contributed by atoms with Crippen LogP contribution in [0.15, 0.2) is 0 Å². The zero-order valence-electron chi connectivity index (χ0n) is 12.5. The Morgan fingerprint density at radius 1 is 0.542 bits per heavy atom. The summed E-state index contributed by atoms with van der Waals surface area (Å²) in [6, 6.07) is 0. The molecule has 0 aromatic heterocycles. The molecule has 24 heavy (non-hydrogen) atoms. The highest BCUT2D eigenvalue weighted by atomic mass is 16.4. The minimum absolute atomic E-state index is 0.0258. The molecule has 0 aromatic carbocycles. The molecule has 0 radical (unpaired) electrons. The second-order valence-electron chi connectivity index (χ2n) is 4.72. The first-order valence-electron chi connectivity index (χ1n) is 6.65. The van der Waals surface area contributed by atoms with E-state index in [1.54, 1.807) is 0 Å². The predicted molar refractivity (Wildman–Crippen MR) is 74.4 cm³/mol. The van der Waals surface area contributed by atoms with Gasteiger partial charge in [-0.3, -0.25) is 0 Å². The number of aliphatic hydroxyl groups is 10. The Bertz CT molecular complexity index is 308. The number of hydrogen-bond acceptors (Lipinski definition) is 12. The summed E-state index contributed by atoms with van der Waals surface area (Å²) in [6.07, 6.45) is -13.7. The molecule has 0 unspecified atom stereocenters. The van der Waals surface area contributed by atoms with Crippen molar-refractivity contribution in [2.45, 2.75) is 48.8 Å². The van der Waals surface area contributed by atoms with Crippen molar-refractivity contribution in [3.8, 4) is 0 Å². The van der Waals surface area contributed by atoms with Crippen molar-refractivity contribution in [3.05, 3.63) is 0 Å². The summed E-state index contributed by atoms with van der Waals surface area (Å²) in [5.74, 6) is 0. The molecule has 0 aliphatic heterocycles. The highest BCUT2D eigenvalue weighted by Gasteiger charge is 2.30. The Morgan fingerprint density at radius 2 is 0.792 bits per heavy atom. The normalized spacial score (nSPS) is 21.1. The minimum atomic E-state index is -1.79. The molecule has 0 heterocycles. The van der Waals surface area contributed by atoms with E-state index in [1.165, 1.54) is 0 Å². The van der Waals surface area contributed by atoms with Gasteiger partial charge in [-0.05, 0) is 0 Å². The van der Waals surface area contributed by atoms with Gasteiger partial charge in [0.1, 0.15) is 48.8 Å². The summed E-state index contributed by atoms with van der Waals surface area (Å²) in [4.78, 5) is 19.8. The van der Waals surface area contributed by atoms with Crippen molar-refractivity contribution in [1.82, 2.24) is 0 Å². The fourth-order valence-electron chi connectivity index (χ4n) is 1.24. The molecule has 12 heteroatoms. The van der Waals surface area contributed by atoms with E-state index >= 15 is 0 Å². The first-order valence-corrected chi connectivity index (χ1v) is 6.65. The highest BCUT2D eigenvalue weighted by molar-refractivity contribution is 5.57. The molecule has 0 saturated heterocycles. The van der Waals surface area contributed by atoms with Crippen LogP contribution < -0.4 is 0 Å². The number of aldehydes is 2. The van der Waals surface area contributed by atoms with Crippen molar-refractivity contribution < 1.29 is 60.7 Å². The van der Waals surface area contributed by atoms with Gasteiger partial charge < -0.3 is 60.7 Å². The number of carbonyl (C=O) groups is 2. The van der Waals surface area contributed by atoms with Crippen LogP contribution in [-0.4, -0.2) is 126 Å². The zero-order valence-corrected chi connectivity index (χ0v) is 12.5. The summed E-state index contributed by atoms with van der Waals surface area (Å²) in [7, 11) is 0. The van der Waals surface area contributed by atoms with Gasteiger partial charge in [-0.2, -0.15) is 0 Å². The molecule has 0 aliphatic carbocycles. The molecule has 10 N–H and O–H groups in total. The summed E-state index contributed by atoms with van der Waals surface area (Å²) in [5, 5.41) is 87.1. The lowest BCUT2D eigenvalue weighted by Crippen LogP contribution is -2.46. The third-order valence-corrected chi connectivity index (χ3v) is 2.84. The average Bonchev–Trinajstić information content (AvgIpc) is 2.62. The Hall–Kier alpha value is -1.06. The van der Waals surface area contributed by atoms with Crippen LogP contribution in [0.1, 0.15) is 0 Å². The topological polar surface area (TPSA) is 236 Å². The summed E-state index contributed by atoms with van der Waals surface area (Å²) in [5.41, 5.74) is 0. The Morgan fingerprint density at radius 3 is 0.958 bits per heavy atom. The fourth-order valence-corrected chi connectivity index (χ4v) is 1.24. The number of rotatable bonds is 10. The van der Waals surface area contributed by atoms with Crippen molar-refractivity contribution in [3.63, 3.8) is 0 Å². The molecule has 0 aromatic rings. The van der Waals surface area contributed by atoms with Crippen LogP contribution in [0.2, 0.25) is 0 Å². The lowest BCUT2D eigenvalue weighted by Gasteiger charge is -2.22. The molecule has 0 aliphatic rings. The van der Waals surface area contributed by atoms with Crippen molar-refractivity contribution in [2.75, 3.05) is 13.2 Å². The van der Waals surface area contributed by atoms with Gasteiger partial charge >= 0.3 is 0 Å². The Labute approximate surface area is 136 Å². The maximum Gasteiger partial charge on any atom is 0.151 e. The van der Waals surface area contributed by atoms with Gasteiger partial charge in [-0.25, -0.2) is 0 Å². The molecule has 8 atom stereocenters. The van der Waals surface area contributed by atoms with Crippen LogP contribution >= 0.6 is 0 Å². The third kappa shape index (κ3) is 8.70. The Kier molecular flexibility index (Phi) is 13.9. The van der Waals surface area contributed by atoms with Gasteiger partial charge in [-0.15, -0.1) is 0 Å². The second-order valence-corrected chi connectivity index (χ2v) is 4.72. The van der Waals surface area contributed by atoms with Gasteiger partial charge in [0.05, 0.1) is 13.2 Å². The molecule has 0 rings (SSSR count). The summed E-state index contributed by atoms with van der Waals surface area (Å²) in [6.45, 7) is -1.52. The van der Waals surface area contributed by atoms with E-state index in [0.29, 0.717) is 0 Å². The molecule has 144 valence electrons. The molecular weight excluding hydrogens is 336 g/mol. The quantitative estimate of drug-likeness (QED) is 0.164. The Balaban J connectivity index is 0. The van der Waals surface area contributed by atoms with E-state index in [-0.39, 0.29) is 12.6 Å². The first-order chi connectivity index (χ1) is 11.1. The van der Waals surface area contributed by atoms with E-state index < -0.39 is 62.0 Å². The van der Waals surface area contributed by atoms with E-state index in [4.69, 9.17) is 51.1 Å². The van der Waals surface area contributed by atoms with Gasteiger partial charge in [0, 0.05) is 0 Å². The van der Waals surface area contributed by atoms with Crippen molar-refractivity contribution in [2.24, 2.45) is 0 Å². The van der Waals surface area contributed by atoms with Crippen LogP contribution in [0.5, 0.6) is 0 Å². The molecule has 0 fully saturated rings. The standard InChI is InChI=1S/2C6H12O6/c2*7-1-3(9)5(11)6(12)4(10)2-8/h2*1,3-6,8-12H,2H2/t2*3-,4-,5-,6+/m00/s1. The van der Waals surface area contributed by atoms with Crippen LogP contribution in [-0.2, 0) is 9.59 Å². The first kappa shape index (κ1) is 25.2. The molecule has 0 amide bonds. The van der Waals surface area contributed by atoms with Crippen LogP contribution in [0.4, 0.5) is 0 Å². The van der Waals surface area contributed by atoms with E-state index in [1.807, 2.05) is 0 Å². The SMILES string of the molecule is O=C[C@H](O)[C@H](O)[C@H](O)[C@@H](O)CO.O=C[C@H](O)[C@H](O)[C@H](O)[C@@H](O)CO. The molecule has 12 nitrogen and oxygen atoms in total. The van der Waals surface area contributed by atoms with Crippen molar-refractivity contribution >= 4 is 12.6 Å². The van der Waals surface area contributed by atoms with Gasteiger partial charge in [0.2, 0.25) is 0 Å². The van der Waals surface area contributed by atoms with Crippen LogP contribution in [0.25, 0.3) is 0 Å². The summed E-state index contributed by atoms with van der Waals surface area (Å²) < 4.78 is 0. The average molecular weight is 360 g/mol. The van der Waals surface area contributed by atoms with Crippen LogP contribution in [0, 0.1) is 0 Å². The molecule has 0 spiro atoms. The second kappa shape index (κ2) is 13.3. The molecular formula is C12H24O12. The maximum atomic E-state index is 9.90. The predicted octanol–water partition coefficient (Wildman–Crippen LogP) is -6.76. The van der Waals surface area contributed by atoms with E-state index in [9.17, 15) is 9.59 Å². The molecule has 0 bridgehead atoms. The zero-order chi connectivity index (χ0) is 19.4. The smallest absolute Gasteiger partial charge is 0.151 e. The number of aliphatic hydroxyl groups excluding tert-OH is 10. The summed E-state index contributed by atoms with van der Waals surface area (Å²) >= 11 is 0. The highest BCUT2D eigenvalue weighted by Crippen LogP contribution is 2.03. The lowest BCUT2D eigenvalue weighted by molar-refractivity contribution is -0.136. The maximum absolute atomic E-state index is 9.90. The van der Waals surface area contributed by atoms with Gasteiger partial charge in [0.25, 0.3) is 0 Å². The lowest BCUT2D eigenvalue weighted by atomic mass is 10.0. The third-order valence-electron chi connectivity index (χ3n) is 2.84. The fraction of sp³-hybridized carbons (Fsp3) is 0.833. The molecule has 0 saturated carbocycles. The number of hydrogen-bond donors (Lipinski definition) is 10. The van der Waals surface area contributed by atoms with Crippen molar-refractivity contribution in [1.29, 1.82) is 0 Å².